The lowest BCUT2D eigenvalue weighted by atomic mass is 10.1. The Balaban J connectivity index is 2.60. The Hall–Kier alpha value is -0.870. The summed E-state index contributed by atoms with van der Waals surface area (Å²) >= 11 is 9.30. The highest BCUT2D eigenvalue weighted by atomic mass is 79.9. The fourth-order valence-electron chi connectivity index (χ4n) is 2.99. The van der Waals surface area contributed by atoms with Crippen molar-refractivity contribution in [3.05, 3.63) is 34.9 Å². The average molecular weight is 459 g/mol. The highest BCUT2D eigenvalue weighted by Crippen LogP contribution is 2.18. The number of hydrogen-bond donors (Lipinski definition) is 0. The Labute approximate surface area is 178 Å². The normalized spacial score (nSPS) is 12.0. The van der Waals surface area contributed by atoms with Crippen LogP contribution in [0.4, 0.5) is 0 Å². The van der Waals surface area contributed by atoms with E-state index in [2.05, 4.69) is 29.8 Å². The summed E-state index contributed by atoms with van der Waals surface area (Å²) in [6.07, 6.45) is 9.34. The molecule has 0 bridgehead atoms. The van der Waals surface area contributed by atoms with Gasteiger partial charge in [0.05, 0.1) is 4.83 Å². The van der Waals surface area contributed by atoms with Crippen molar-refractivity contribution in [2.75, 3.05) is 13.1 Å². The molecule has 1 aromatic rings. The summed E-state index contributed by atoms with van der Waals surface area (Å²) in [5, 5.41) is 0.596. The Morgan fingerprint density at radius 2 is 1.44 bits per heavy atom. The van der Waals surface area contributed by atoms with Crippen LogP contribution in [0.5, 0.6) is 0 Å². The molecule has 1 aromatic carbocycles. The number of carbonyl (C=O) groups is 2. The van der Waals surface area contributed by atoms with Gasteiger partial charge in [0.15, 0.2) is 5.78 Å². The van der Waals surface area contributed by atoms with E-state index in [1.54, 1.807) is 24.3 Å². The molecule has 1 amide bonds. The van der Waals surface area contributed by atoms with E-state index in [4.69, 9.17) is 11.6 Å². The van der Waals surface area contributed by atoms with Gasteiger partial charge in [0, 0.05) is 30.1 Å². The highest BCUT2D eigenvalue weighted by molar-refractivity contribution is 9.10. The Morgan fingerprint density at radius 1 is 0.926 bits per heavy atom. The number of benzene rings is 1. The number of halogens is 2. The Kier molecular flexibility index (Phi) is 12.7. The third kappa shape index (κ3) is 9.75. The van der Waals surface area contributed by atoms with Gasteiger partial charge >= 0.3 is 0 Å². The molecule has 0 saturated carbocycles. The zero-order valence-electron chi connectivity index (χ0n) is 16.7. The molecule has 1 atom stereocenters. The van der Waals surface area contributed by atoms with Crippen LogP contribution in [0.3, 0.4) is 0 Å². The number of nitrogens with zero attached hydrogens (tertiary/aromatic N) is 1. The van der Waals surface area contributed by atoms with Crippen LogP contribution in [0.15, 0.2) is 24.3 Å². The molecule has 1 rings (SSSR count). The second kappa shape index (κ2) is 14.2. The van der Waals surface area contributed by atoms with Gasteiger partial charge in [-0.15, -0.1) is 0 Å². The quantitative estimate of drug-likeness (QED) is 0.177. The molecule has 0 saturated heterocycles. The second-order valence-electron chi connectivity index (χ2n) is 7.04. The first-order chi connectivity index (χ1) is 13.0. The van der Waals surface area contributed by atoms with Crippen LogP contribution in [-0.2, 0) is 4.79 Å². The molecule has 0 aliphatic carbocycles. The average Bonchev–Trinajstić information content (AvgIpc) is 2.66. The minimum Gasteiger partial charge on any atom is -0.343 e. The number of alkyl halides is 1. The SMILES string of the molecule is CCCCCCN(CCCCCC)C(=O)CC(Br)C(=O)c1ccc(Cl)cc1. The van der Waals surface area contributed by atoms with Crippen LogP contribution < -0.4 is 0 Å². The number of carbonyl (C=O) groups excluding carboxylic acids is 2. The monoisotopic (exact) mass is 457 g/mol. The lowest BCUT2D eigenvalue weighted by molar-refractivity contribution is -0.131. The van der Waals surface area contributed by atoms with E-state index in [1.807, 2.05) is 4.90 Å². The predicted octanol–water partition coefficient (Wildman–Crippen LogP) is 6.67. The van der Waals surface area contributed by atoms with Gasteiger partial charge in [-0.3, -0.25) is 9.59 Å². The van der Waals surface area contributed by atoms with Crippen molar-refractivity contribution in [2.24, 2.45) is 0 Å². The van der Waals surface area contributed by atoms with Crippen molar-refractivity contribution in [3.63, 3.8) is 0 Å². The third-order valence-corrected chi connectivity index (χ3v) is 5.67. The molecule has 0 fully saturated rings. The topological polar surface area (TPSA) is 37.4 Å². The van der Waals surface area contributed by atoms with Crippen LogP contribution in [0, 0.1) is 0 Å². The Bertz CT molecular complexity index is 550. The molecule has 0 aromatic heterocycles. The van der Waals surface area contributed by atoms with Gasteiger partial charge in [-0.1, -0.05) is 79.9 Å². The maximum absolute atomic E-state index is 12.8. The summed E-state index contributed by atoms with van der Waals surface area (Å²) in [6.45, 7) is 5.95. The molecule has 0 heterocycles. The predicted molar refractivity (Wildman–Crippen MR) is 118 cm³/mol. The summed E-state index contributed by atoms with van der Waals surface area (Å²) in [5.74, 6) is -0.0101. The minimum atomic E-state index is -0.500. The fourth-order valence-corrected chi connectivity index (χ4v) is 3.66. The molecule has 0 radical (unpaired) electrons. The first-order valence-electron chi connectivity index (χ1n) is 10.2. The molecule has 3 nitrogen and oxygen atoms in total. The van der Waals surface area contributed by atoms with E-state index < -0.39 is 4.83 Å². The van der Waals surface area contributed by atoms with Crippen molar-refractivity contribution in [1.29, 1.82) is 0 Å². The molecule has 5 heteroatoms. The first-order valence-corrected chi connectivity index (χ1v) is 11.5. The van der Waals surface area contributed by atoms with Crippen LogP contribution in [0.2, 0.25) is 5.02 Å². The largest absolute Gasteiger partial charge is 0.343 e. The van der Waals surface area contributed by atoms with Crippen LogP contribution in [0.1, 0.15) is 82.0 Å². The molecule has 0 aliphatic heterocycles. The molecular weight excluding hydrogens is 426 g/mol. The minimum absolute atomic E-state index is 0.0622. The van der Waals surface area contributed by atoms with Crippen molar-refractivity contribution < 1.29 is 9.59 Å². The van der Waals surface area contributed by atoms with Crippen molar-refractivity contribution in [1.82, 2.24) is 4.90 Å². The Morgan fingerprint density at radius 3 is 1.93 bits per heavy atom. The number of unbranched alkanes of at least 4 members (excludes halogenated alkanes) is 6. The van der Waals surface area contributed by atoms with E-state index in [9.17, 15) is 9.59 Å². The maximum atomic E-state index is 12.8. The van der Waals surface area contributed by atoms with Crippen molar-refractivity contribution in [2.45, 2.75) is 76.5 Å². The summed E-state index contributed by atoms with van der Waals surface area (Å²) in [5.41, 5.74) is 0.575. The first kappa shape index (κ1) is 24.2. The van der Waals surface area contributed by atoms with Crippen LogP contribution in [0.25, 0.3) is 0 Å². The second-order valence-corrected chi connectivity index (χ2v) is 8.59. The molecule has 27 heavy (non-hydrogen) atoms. The molecule has 0 N–H and O–H groups in total. The van der Waals surface area contributed by atoms with E-state index >= 15 is 0 Å². The standard InChI is InChI=1S/C22H33BrClNO2/c1-3-5-7-9-15-25(16-10-8-6-4-2)21(26)17-20(23)22(27)18-11-13-19(24)14-12-18/h11-14,20H,3-10,15-17H2,1-2H3. The smallest absolute Gasteiger partial charge is 0.224 e. The number of Topliss-reactive ketones (excluding diaryl/α,β-unsaturated/α-hetero) is 1. The summed E-state index contributed by atoms with van der Waals surface area (Å²) in [6, 6.07) is 6.81. The van der Waals surface area contributed by atoms with Crippen LogP contribution >= 0.6 is 27.5 Å². The third-order valence-electron chi connectivity index (χ3n) is 4.68. The zero-order valence-corrected chi connectivity index (χ0v) is 19.0. The van der Waals surface area contributed by atoms with Gasteiger partial charge in [-0.05, 0) is 37.1 Å². The number of ketones is 1. The van der Waals surface area contributed by atoms with Gasteiger partial charge in [-0.25, -0.2) is 0 Å². The molecule has 152 valence electrons. The lowest BCUT2D eigenvalue weighted by Gasteiger charge is -2.24. The highest BCUT2D eigenvalue weighted by Gasteiger charge is 2.23. The van der Waals surface area contributed by atoms with Gasteiger partial charge < -0.3 is 4.90 Å². The summed E-state index contributed by atoms with van der Waals surface area (Å²) in [4.78, 5) is 26.8. The van der Waals surface area contributed by atoms with E-state index in [-0.39, 0.29) is 18.1 Å². The summed E-state index contributed by atoms with van der Waals surface area (Å²) in [7, 11) is 0. The zero-order chi connectivity index (χ0) is 20.1. The number of hydrogen-bond acceptors (Lipinski definition) is 2. The lowest BCUT2D eigenvalue weighted by Crippen LogP contribution is -2.35. The number of amides is 1. The van der Waals surface area contributed by atoms with Gasteiger partial charge in [-0.2, -0.15) is 0 Å². The van der Waals surface area contributed by atoms with Crippen molar-refractivity contribution >= 4 is 39.2 Å². The maximum Gasteiger partial charge on any atom is 0.224 e. The molecule has 0 spiro atoms. The molecule has 1 unspecified atom stereocenters. The van der Waals surface area contributed by atoms with Gasteiger partial charge in [0.1, 0.15) is 0 Å². The molecular formula is C22H33BrClNO2. The van der Waals surface area contributed by atoms with Crippen LogP contribution in [-0.4, -0.2) is 34.5 Å². The number of rotatable bonds is 14. The van der Waals surface area contributed by atoms with Gasteiger partial charge in [0.25, 0.3) is 0 Å². The van der Waals surface area contributed by atoms with E-state index in [0.717, 1.165) is 38.8 Å². The fraction of sp³-hybridized carbons (Fsp3) is 0.636. The van der Waals surface area contributed by atoms with E-state index in [1.165, 1.54) is 25.7 Å². The van der Waals surface area contributed by atoms with E-state index in [0.29, 0.717) is 10.6 Å². The molecule has 0 aliphatic rings. The van der Waals surface area contributed by atoms with Crippen molar-refractivity contribution in [3.8, 4) is 0 Å². The van der Waals surface area contributed by atoms with Gasteiger partial charge in [0.2, 0.25) is 5.91 Å². The summed E-state index contributed by atoms with van der Waals surface area (Å²) < 4.78 is 0.